The fraction of sp³-hybridized carbons (Fsp3) is 0.200. The van der Waals surface area contributed by atoms with Crippen LogP contribution in [-0.4, -0.2) is 33.9 Å². The molecule has 1 atom stereocenters. The monoisotopic (exact) mass is 481 g/mol. The molecule has 3 aromatic carbocycles. The molecule has 9 heteroatoms. The predicted octanol–water partition coefficient (Wildman–Crippen LogP) is 3.73. The van der Waals surface area contributed by atoms with Crippen LogP contribution in [0.3, 0.4) is 0 Å². The number of hydrogen-bond donors (Lipinski definition) is 2. The van der Waals surface area contributed by atoms with E-state index in [2.05, 4.69) is 10.6 Å². The number of nitrogens with zero attached hydrogens (tertiary/aromatic N) is 1. The Hall–Kier alpha value is -3.85. The molecule has 0 aliphatic rings. The maximum Gasteiger partial charge on any atom is 0.264 e. The third kappa shape index (κ3) is 6.14. The summed E-state index contributed by atoms with van der Waals surface area (Å²) in [5, 5.41) is 5.46. The molecule has 34 heavy (non-hydrogen) atoms. The average Bonchev–Trinajstić information content (AvgIpc) is 2.83. The van der Waals surface area contributed by atoms with Gasteiger partial charge in [-0.3, -0.25) is 13.9 Å². The van der Waals surface area contributed by atoms with Crippen LogP contribution >= 0.6 is 0 Å². The number of nitrogens with one attached hydrogen (secondary N) is 2. The predicted molar refractivity (Wildman–Crippen MR) is 131 cm³/mol. The van der Waals surface area contributed by atoms with Crippen molar-refractivity contribution in [3.8, 4) is 5.75 Å². The summed E-state index contributed by atoms with van der Waals surface area (Å²) in [5.74, 6) is -0.159. The summed E-state index contributed by atoms with van der Waals surface area (Å²) in [7, 11) is -2.58. The van der Waals surface area contributed by atoms with Gasteiger partial charge in [-0.15, -0.1) is 0 Å². The van der Waals surface area contributed by atoms with Gasteiger partial charge >= 0.3 is 0 Å². The van der Waals surface area contributed by atoms with E-state index in [0.29, 0.717) is 17.1 Å². The van der Waals surface area contributed by atoms with Crippen molar-refractivity contribution in [2.45, 2.75) is 24.8 Å². The topological polar surface area (TPSA) is 105 Å². The lowest BCUT2D eigenvalue weighted by molar-refractivity contribution is -0.120. The van der Waals surface area contributed by atoms with Crippen molar-refractivity contribution in [2.75, 3.05) is 23.3 Å². The Balaban J connectivity index is 1.89. The molecule has 0 spiro atoms. The van der Waals surface area contributed by atoms with E-state index in [9.17, 15) is 18.0 Å². The molecule has 0 aliphatic carbocycles. The maximum atomic E-state index is 13.5. The van der Waals surface area contributed by atoms with Gasteiger partial charge in [-0.1, -0.05) is 30.3 Å². The summed E-state index contributed by atoms with van der Waals surface area (Å²) < 4.78 is 33.3. The van der Waals surface area contributed by atoms with Crippen LogP contribution in [0.4, 0.5) is 11.4 Å². The van der Waals surface area contributed by atoms with E-state index in [4.69, 9.17) is 4.74 Å². The van der Waals surface area contributed by atoms with Crippen LogP contribution in [-0.2, 0) is 19.6 Å². The summed E-state index contributed by atoms with van der Waals surface area (Å²) in [6.45, 7) is 2.78. The molecule has 0 saturated carbocycles. The number of benzene rings is 3. The number of amides is 2. The molecule has 0 radical (unpaired) electrons. The van der Waals surface area contributed by atoms with Crippen molar-refractivity contribution in [1.82, 2.24) is 5.32 Å². The van der Waals surface area contributed by atoms with E-state index >= 15 is 0 Å². The van der Waals surface area contributed by atoms with E-state index < -0.39 is 22.5 Å². The van der Waals surface area contributed by atoms with Gasteiger partial charge in [0.05, 0.1) is 23.7 Å². The van der Waals surface area contributed by atoms with Gasteiger partial charge in [-0.2, -0.15) is 0 Å². The minimum absolute atomic E-state index is 0.0127. The van der Waals surface area contributed by atoms with Crippen LogP contribution in [0.5, 0.6) is 5.75 Å². The largest absolute Gasteiger partial charge is 0.497 e. The van der Waals surface area contributed by atoms with Crippen LogP contribution in [0, 0.1) is 0 Å². The second kappa shape index (κ2) is 10.8. The van der Waals surface area contributed by atoms with Gasteiger partial charge in [0.1, 0.15) is 12.3 Å². The third-order valence-electron chi connectivity index (χ3n) is 5.09. The molecular formula is C25H27N3O5S. The summed E-state index contributed by atoms with van der Waals surface area (Å²) in [4.78, 5) is 24.1. The smallest absolute Gasteiger partial charge is 0.264 e. The first kappa shape index (κ1) is 24.8. The van der Waals surface area contributed by atoms with Crippen molar-refractivity contribution in [3.63, 3.8) is 0 Å². The fourth-order valence-electron chi connectivity index (χ4n) is 3.35. The normalized spacial score (nSPS) is 11.9. The Labute approximate surface area is 199 Å². The van der Waals surface area contributed by atoms with Gasteiger partial charge in [0.2, 0.25) is 11.8 Å². The molecule has 178 valence electrons. The van der Waals surface area contributed by atoms with Crippen molar-refractivity contribution >= 4 is 33.2 Å². The lowest BCUT2D eigenvalue weighted by Crippen LogP contribution is -2.41. The van der Waals surface area contributed by atoms with Gasteiger partial charge < -0.3 is 15.4 Å². The fourth-order valence-corrected chi connectivity index (χ4v) is 4.77. The van der Waals surface area contributed by atoms with Crippen molar-refractivity contribution in [3.05, 3.63) is 84.4 Å². The number of sulfonamides is 1. The SMILES string of the molecule is COc1ccc(N(CC(=O)NC(C)c2ccccc2)S(=O)(=O)c2ccc(NC(C)=O)cc2)cc1. The molecule has 3 rings (SSSR count). The number of hydrogen-bond acceptors (Lipinski definition) is 5. The number of ether oxygens (including phenoxy) is 1. The van der Waals surface area contributed by atoms with Crippen LogP contribution in [0.2, 0.25) is 0 Å². The molecule has 2 N–H and O–H groups in total. The molecule has 0 bridgehead atoms. The zero-order valence-electron chi connectivity index (χ0n) is 19.2. The molecule has 2 amide bonds. The molecule has 0 aliphatic heterocycles. The van der Waals surface area contributed by atoms with E-state index in [-0.39, 0.29) is 16.8 Å². The summed E-state index contributed by atoms with van der Waals surface area (Å²) in [6, 6.07) is 21.3. The van der Waals surface area contributed by atoms with E-state index in [0.717, 1.165) is 9.87 Å². The van der Waals surface area contributed by atoms with Crippen molar-refractivity contribution < 1.29 is 22.7 Å². The molecule has 3 aromatic rings. The zero-order chi connectivity index (χ0) is 24.7. The standard InChI is InChI=1S/C25H27N3O5S/c1-18(20-7-5-4-6-8-20)26-25(30)17-28(22-11-13-23(33-3)14-12-22)34(31,32)24-15-9-21(10-16-24)27-19(2)29/h4-16,18H,17H2,1-3H3,(H,26,30)(H,27,29). The van der Waals surface area contributed by atoms with Crippen LogP contribution < -0.4 is 19.7 Å². The van der Waals surface area contributed by atoms with Crippen molar-refractivity contribution in [2.24, 2.45) is 0 Å². The Morgan fingerprint density at radius 3 is 2.12 bits per heavy atom. The van der Waals surface area contributed by atoms with Crippen molar-refractivity contribution in [1.29, 1.82) is 0 Å². The van der Waals surface area contributed by atoms with E-state index in [1.807, 2.05) is 37.3 Å². The lowest BCUT2D eigenvalue weighted by Gasteiger charge is -2.25. The minimum atomic E-state index is -4.10. The maximum absolute atomic E-state index is 13.5. The van der Waals surface area contributed by atoms with E-state index in [1.54, 1.807) is 24.3 Å². The number of carbonyl (C=O) groups is 2. The first-order valence-corrected chi connectivity index (χ1v) is 12.0. The highest BCUT2D eigenvalue weighted by atomic mass is 32.2. The number of anilines is 2. The molecular weight excluding hydrogens is 454 g/mol. The van der Waals surface area contributed by atoms with Gasteiger partial charge in [-0.05, 0) is 61.0 Å². The molecule has 8 nitrogen and oxygen atoms in total. The summed E-state index contributed by atoms with van der Waals surface area (Å²) >= 11 is 0. The van der Waals surface area contributed by atoms with Gasteiger partial charge in [0.25, 0.3) is 10.0 Å². The minimum Gasteiger partial charge on any atom is -0.497 e. The number of carbonyl (C=O) groups excluding carboxylic acids is 2. The molecule has 0 heterocycles. The van der Waals surface area contributed by atoms with Gasteiger partial charge in [0, 0.05) is 12.6 Å². The van der Waals surface area contributed by atoms with E-state index in [1.165, 1.54) is 38.3 Å². The molecule has 0 aromatic heterocycles. The Morgan fingerprint density at radius 1 is 0.941 bits per heavy atom. The number of rotatable bonds is 9. The second-order valence-corrected chi connectivity index (χ2v) is 9.48. The Morgan fingerprint density at radius 2 is 1.56 bits per heavy atom. The zero-order valence-corrected chi connectivity index (χ0v) is 20.0. The third-order valence-corrected chi connectivity index (χ3v) is 6.88. The second-order valence-electron chi connectivity index (χ2n) is 7.62. The Bertz CT molecular complexity index is 1230. The lowest BCUT2D eigenvalue weighted by atomic mass is 10.1. The van der Waals surface area contributed by atoms with Crippen LogP contribution in [0.15, 0.2) is 83.8 Å². The molecule has 1 unspecified atom stereocenters. The number of methoxy groups -OCH3 is 1. The average molecular weight is 482 g/mol. The Kier molecular flexibility index (Phi) is 7.91. The summed E-state index contributed by atoms with van der Waals surface area (Å²) in [6.07, 6.45) is 0. The van der Waals surface area contributed by atoms with Crippen LogP contribution in [0.1, 0.15) is 25.5 Å². The first-order valence-electron chi connectivity index (χ1n) is 10.6. The molecule has 0 saturated heterocycles. The highest BCUT2D eigenvalue weighted by Crippen LogP contribution is 2.26. The first-order chi connectivity index (χ1) is 16.2. The highest BCUT2D eigenvalue weighted by molar-refractivity contribution is 7.92. The molecule has 0 fully saturated rings. The summed E-state index contributed by atoms with van der Waals surface area (Å²) in [5.41, 5.74) is 1.69. The van der Waals surface area contributed by atoms with Crippen LogP contribution in [0.25, 0.3) is 0 Å². The van der Waals surface area contributed by atoms with Gasteiger partial charge in [0.15, 0.2) is 0 Å². The van der Waals surface area contributed by atoms with Gasteiger partial charge in [-0.25, -0.2) is 8.42 Å². The highest BCUT2D eigenvalue weighted by Gasteiger charge is 2.28. The quantitative estimate of drug-likeness (QED) is 0.485.